The van der Waals surface area contributed by atoms with Crippen molar-refractivity contribution in [2.75, 3.05) is 6.61 Å². The lowest BCUT2D eigenvalue weighted by molar-refractivity contribution is -0.190. The Morgan fingerprint density at radius 1 is 1.00 bits per heavy atom. The number of aliphatic hydroxyl groups excluding tert-OH is 1. The Morgan fingerprint density at radius 2 is 1.45 bits per heavy atom. The highest BCUT2D eigenvalue weighted by molar-refractivity contribution is 4.69. The standard InChI is InChI=1S/C5H7F5O/c6-4(7,1-2-11)3-5(8,9)10/h11H,1-3H2. The van der Waals surface area contributed by atoms with Gasteiger partial charge in [-0.05, 0) is 0 Å². The van der Waals surface area contributed by atoms with Gasteiger partial charge in [-0.25, -0.2) is 8.78 Å². The van der Waals surface area contributed by atoms with Gasteiger partial charge in [0, 0.05) is 13.0 Å². The fraction of sp³-hybridized carbons (Fsp3) is 1.00. The molecule has 0 saturated carbocycles. The molecule has 0 radical (unpaired) electrons. The second-order valence-corrected chi connectivity index (χ2v) is 2.12. The predicted molar refractivity (Wildman–Crippen MR) is 27.3 cm³/mol. The van der Waals surface area contributed by atoms with Crippen molar-refractivity contribution in [3.8, 4) is 0 Å². The van der Waals surface area contributed by atoms with Crippen LogP contribution in [0, 0.1) is 0 Å². The summed E-state index contributed by atoms with van der Waals surface area (Å²) in [5, 5.41) is 7.95. The molecule has 1 N–H and O–H groups in total. The van der Waals surface area contributed by atoms with E-state index in [0.29, 0.717) is 0 Å². The minimum Gasteiger partial charge on any atom is -0.396 e. The van der Waals surface area contributed by atoms with E-state index in [1.54, 1.807) is 0 Å². The molecule has 0 aromatic heterocycles. The predicted octanol–water partition coefficient (Wildman–Crippen LogP) is 1.96. The van der Waals surface area contributed by atoms with Crippen molar-refractivity contribution in [1.82, 2.24) is 0 Å². The van der Waals surface area contributed by atoms with Crippen LogP contribution in [0.4, 0.5) is 22.0 Å². The highest BCUT2D eigenvalue weighted by atomic mass is 19.4. The van der Waals surface area contributed by atoms with E-state index in [9.17, 15) is 22.0 Å². The molecule has 0 aromatic carbocycles. The summed E-state index contributed by atoms with van der Waals surface area (Å²) in [6.45, 7) is -0.941. The average Bonchev–Trinajstić information content (AvgIpc) is 1.55. The smallest absolute Gasteiger partial charge is 0.394 e. The number of alkyl halides is 5. The Morgan fingerprint density at radius 3 is 1.73 bits per heavy atom. The van der Waals surface area contributed by atoms with E-state index in [2.05, 4.69) is 0 Å². The minimum atomic E-state index is -4.88. The number of aliphatic hydroxyl groups is 1. The summed E-state index contributed by atoms with van der Waals surface area (Å²) < 4.78 is 58.0. The third-order valence-corrected chi connectivity index (χ3v) is 0.937. The molecule has 0 aliphatic heterocycles. The molecule has 0 amide bonds. The second kappa shape index (κ2) is 3.34. The van der Waals surface area contributed by atoms with Gasteiger partial charge in [0.2, 0.25) is 0 Å². The summed E-state index contributed by atoms with van der Waals surface area (Å²) in [4.78, 5) is 0. The van der Waals surface area contributed by atoms with Crippen molar-refractivity contribution < 1.29 is 27.1 Å². The molecule has 0 bridgehead atoms. The molecule has 0 atom stereocenters. The Kier molecular flexibility index (Phi) is 3.22. The maximum Gasteiger partial charge on any atom is 0.394 e. The summed E-state index contributed by atoms with van der Waals surface area (Å²) in [7, 11) is 0. The number of hydrogen-bond acceptors (Lipinski definition) is 1. The van der Waals surface area contributed by atoms with Crippen LogP contribution in [0.25, 0.3) is 0 Å². The molecular weight excluding hydrogens is 171 g/mol. The van der Waals surface area contributed by atoms with E-state index < -0.39 is 31.5 Å². The second-order valence-electron chi connectivity index (χ2n) is 2.12. The van der Waals surface area contributed by atoms with Crippen molar-refractivity contribution in [3.05, 3.63) is 0 Å². The van der Waals surface area contributed by atoms with Crippen molar-refractivity contribution in [2.45, 2.75) is 24.9 Å². The van der Waals surface area contributed by atoms with Gasteiger partial charge in [-0.2, -0.15) is 13.2 Å². The molecule has 0 unspecified atom stereocenters. The summed E-state index contributed by atoms with van der Waals surface area (Å²) in [5.41, 5.74) is 0. The van der Waals surface area contributed by atoms with Crippen LogP contribution in [0.2, 0.25) is 0 Å². The summed E-state index contributed by atoms with van der Waals surface area (Å²) in [6.07, 6.45) is -8.19. The van der Waals surface area contributed by atoms with Crippen LogP contribution in [0.1, 0.15) is 12.8 Å². The molecule has 0 spiro atoms. The molecule has 0 saturated heterocycles. The molecule has 0 aliphatic rings. The molecule has 0 rings (SSSR count). The van der Waals surface area contributed by atoms with Crippen molar-refractivity contribution in [1.29, 1.82) is 0 Å². The van der Waals surface area contributed by atoms with E-state index in [-0.39, 0.29) is 0 Å². The maximum atomic E-state index is 12.0. The number of hydrogen-bond donors (Lipinski definition) is 1. The number of rotatable bonds is 3. The van der Waals surface area contributed by atoms with Gasteiger partial charge in [0.1, 0.15) is 6.42 Å². The molecule has 0 fully saturated rings. The maximum absolute atomic E-state index is 12.0. The fourth-order valence-electron chi connectivity index (χ4n) is 0.545. The van der Waals surface area contributed by atoms with Crippen LogP contribution in [-0.2, 0) is 0 Å². The third kappa shape index (κ3) is 6.03. The van der Waals surface area contributed by atoms with E-state index in [0.717, 1.165) is 0 Å². The first-order chi connectivity index (χ1) is 4.77. The zero-order valence-corrected chi connectivity index (χ0v) is 5.46. The van der Waals surface area contributed by atoms with Gasteiger partial charge in [-0.1, -0.05) is 0 Å². The van der Waals surface area contributed by atoms with Gasteiger partial charge in [0.15, 0.2) is 0 Å². The van der Waals surface area contributed by atoms with Crippen LogP contribution in [0.15, 0.2) is 0 Å². The molecular formula is C5H7F5O. The largest absolute Gasteiger partial charge is 0.396 e. The molecule has 11 heavy (non-hydrogen) atoms. The third-order valence-electron chi connectivity index (χ3n) is 0.937. The topological polar surface area (TPSA) is 20.2 Å². The highest BCUT2D eigenvalue weighted by Gasteiger charge is 2.42. The summed E-state index contributed by atoms with van der Waals surface area (Å²) in [5.74, 6) is -3.84. The lowest BCUT2D eigenvalue weighted by Crippen LogP contribution is -2.26. The van der Waals surface area contributed by atoms with Gasteiger partial charge in [0.05, 0.1) is 0 Å². The van der Waals surface area contributed by atoms with Crippen LogP contribution in [0.5, 0.6) is 0 Å². The zero-order valence-electron chi connectivity index (χ0n) is 5.46. The Hall–Kier alpha value is -0.390. The fourth-order valence-corrected chi connectivity index (χ4v) is 0.545. The SMILES string of the molecule is OCCC(F)(F)CC(F)(F)F. The van der Waals surface area contributed by atoms with Crippen LogP contribution >= 0.6 is 0 Å². The van der Waals surface area contributed by atoms with E-state index in [4.69, 9.17) is 5.11 Å². The van der Waals surface area contributed by atoms with Crippen LogP contribution < -0.4 is 0 Å². The van der Waals surface area contributed by atoms with Gasteiger partial charge >= 0.3 is 6.18 Å². The zero-order chi connectivity index (χ0) is 9.12. The minimum absolute atomic E-state index is 0.941. The van der Waals surface area contributed by atoms with E-state index in [1.165, 1.54) is 0 Å². The van der Waals surface area contributed by atoms with Crippen LogP contribution in [-0.4, -0.2) is 23.8 Å². The molecule has 68 valence electrons. The Balaban J connectivity index is 3.91. The highest BCUT2D eigenvalue weighted by Crippen LogP contribution is 2.33. The van der Waals surface area contributed by atoms with Crippen molar-refractivity contribution in [3.63, 3.8) is 0 Å². The molecule has 1 nitrogen and oxygen atoms in total. The Labute approximate surface area is 59.8 Å². The lowest BCUT2D eigenvalue weighted by Gasteiger charge is -2.16. The summed E-state index contributed by atoms with van der Waals surface area (Å²) >= 11 is 0. The van der Waals surface area contributed by atoms with Crippen molar-refractivity contribution >= 4 is 0 Å². The van der Waals surface area contributed by atoms with Gasteiger partial charge < -0.3 is 5.11 Å². The summed E-state index contributed by atoms with van der Waals surface area (Å²) in [6, 6.07) is 0. The van der Waals surface area contributed by atoms with Crippen molar-refractivity contribution in [2.24, 2.45) is 0 Å². The van der Waals surface area contributed by atoms with Crippen LogP contribution in [0.3, 0.4) is 0 Å². The van der Waals surface area contributed by atoms with Gasteiger partial charge in [-0.3, -0.25) is 0 Å². The monoisotopic (exact) mass is 178 g/mol. The average molecular weight is 178 g/mol. The van der Waals surface area contributed by atoms with Gasteiger partial charge in [0.25, 0.3) is 5.92 Å². The first-order valence-electron chi connectivity index (χ1n) is 2.82. The van der Waals surface area contributed by atoms with E-state index in [1.807, 2.05) is 0 Å². The van der Waals surface area contributed by atoms with E-state index >= 15 is 0 Å². The molecule has 6 heteroatoms. The lowest BCUT2D eigenvalue weighted by atomic mass is 10.2. The number of halogens is 5. The molecule has 0 heterocycles. The first kappa shape index (κ1) is 10.6. The van der Waals surface area contributed by atoms with Gasteiger partial charge in [-0.15, -0.1) is 0 Å². The first-order valence-corrected chi connectivity index (χ1v) is 2.82. The molecule has 0 aromatic rings. The quantitative estimate of drug-likeness (QED) is 0.655. The Bertz CT molecular complexity index is 119. The normalized spacial score (nSPS) is 13.6. The molecule has 0 aliphatic carbocycles.